The van der Waals surface area contributed by atoms with Crippen molar-refractivity contribution >= 4 is 19.4 Å². The molecule has 0 spiro atoms. The second-order valence-electron chi connectivity index (χ2n) is 5.12. The Kier molecular flexibility index (Phi) is 4.38. The summed E-state index contributed by atoms with van der Waals surface area (Å²) in [5.41, 5.74) is -0.191. The SMILES string of the molecule is [B]c1cccc(C(C)NC(=O)OC(C)(C)C)c1F. The predicted octanol–water partition coefficient (Wildman–Crippen LogP) is 2.21. The molecule has 2 radical (unpaired) electrons. The van der Waals surface area contributed by atoms with Crippen molar-refractivity contribution in [3.05, 3.63) is 29.6 Å². The first-order valence-electron chi connectivity index (χ1n) is 5.74. The predicted molar refractivity (Wildman–Crippen MR) is 69.6 cm³/mol. The molecular weight excluding hydrogens is 232 g/mol. The van der Waals surface area contributed by atoms with Gasteiger partial charge in [-0.1, -0.05) is 23.7 Å². The van der Waals surface area contributed by atoms with Crippen molar-refractivity contribution in [3.8, 4) is 0 Å². The maximum absolute atomic E-state index is 13.7. The van der Waals surface area contributed by atoms with Crippen molar-refractivity contribution in [2.45, 2.75) is 39.3 Å². The smallest absolute Gasteiger partial charge is 0.408 e. The first-order chi connectivity index (χ1) is 8.20. The molecule has 1 amide bonds. The van der Waals surface area contributed by atoms with Crippen molar-refractivity contribution < 1.29 is 13.9 Å². The number of benzene rings is 1. The number of rotatable bonds is 2. The fourth-order valence-electron chi connectivity index (χ4n) is 1.46. The summed E-state index contributed by atoms with van der Waals surface area (Å²) in [5, 5.41) is 2.56. The Morgan fingerprint density at radius 1 is 1.44 bits per heavy atom. The Morgan fingerprint density at radius 3 is 2.61 bits per heavy atom. The van der Waals surface area contributed by atoms with Gasteiger partial charge in [-0.25, -0.2) is 9.18 Å². The maximum atomic E-state index is 13.7. The van der Waals surface area contributed by atoms with Gasteiger partial charge < -0.3 is 10.1 Å². The average molecular weight is 249 g/mol. The van der Waals surface area contributed by atoms with Crippen molar-refractivity contribution in [2.24, 2.45) is 0 Å². The van der Waals surface area contributed by atoms with Gasteiger partial charge >= 0.3 is 6.09 Å². The zero-order valence-corrected chi connectivity index (χ0v) is 11.1. The van der Waals surface area contributed by atoms with Gasteiger partial charge in [-0.3, -0.25) is 0 Å². The molecule has 0 saturated carbocycles. The van der Waals surface area contributed by atoms with E-state index >= 15 is 0 Å². The minimum absolute atomic E-state index is 0.0605. The topological polar surface area (TPSA) is 38.3 Å². The second-order valence-corrected chi connectivity index (χ2v) is 5.12. The van der Waals surface area contributed by atoms with E-state index in [4.69, 9.17) is 12.6 Å². The minimum Gasteiger partial charge on any atom is -0.444 e. The summed E-state index contributed by atoms with van der Waals surface area (Å²) in [7, 11) is 5.47. The summed E-state index contributed by atoms with van der Waals surface area (Å²) >= 11 is 0. The summed E-state index contributed by atoms with van der Waals surface area (Å²) in [6, 6.07) is 4.18. The molecule has 0 bridgehead atoms. The lowest BCUT2D eigenvalue weighted by Gasteiger charge is -2.22. The number of alkyl carbamates (subject to hydrolysis) is 1. The standard InChI is InChI=1S/C13H17BFNO2/c1-8(16-12(17)18-13(2,3)4)9-6-5-7-10(14)11(9)15/h5-8H,1-4H3,(H,16,17). The molecule has 0 heterocycles. The van der Waals surface area contributed by atoms with Gasteiger partial charge in [0.2, 0.25) is 0 Å². The number of hydrogen-bond acceptors (Lipinski definition) is 2. The fraction of sp³-hybridized carbons (Fsp3) is 0.462. The van der Waals surface area contributed by atoms with Crippen molar-refractivity contribution in [1.82, 2.24) is 5.32 Å². The highest BCUT2D eigenvalue weighted by Gasteiger charge is 2.19. The molecule has 1 atom stereocenters. The molecule has 96 valence electrons. The van der Waals surface area contributed by atoms with Gasteiger partial charge in [-0.15, -0.1) is 0 Å². The van der Waals surface area contributed by atoms with E-state index < -0.39 is 23.6 Å². The normalized spacial score (nSPS) is 12.9. The molecule has 0 aliphatic rings. The quantitative estimate of drug-likeness (QED) is 0.816. The Balaban J connectivity index is 2.74. The highest BCUT2D eigenvalue weighted by molar-refractivity contribution is 6.32. The first-order valence-corrected chi connectivity index (χ1v) is 5.74. The summed E-state index contributed by atoms with van der Waals surface area (Å²) in [6.45, 7) is 6.96. The number of amides is 1. The van der Waals surface area contributed by atoms with Crippen LogP contribution in [0.15, 0.2) is 18.2 Å². The molecule has 1 rings (SSSR count). The zero-order valence-electron chi connectivity index (χ0n) is 11.1. The van der Waals surface area contributed by atoms with E-state index in [2.05, 4.69) is 5.32 Å². The number of carbonyl (C=O) groups is 1. The lowest BCUT2D eigenvalue weighted by molar-refractivity contribution is 0.0507. The molecule has 0 aliphatic heterocycles. The molecule has 18 heavy (non-hydrogen) atoms. The Hall–Kier alpha value is -1.52. The number of halogens is 1. The summed E-state index contributed by atoms with van der Waals surface area (Å²) in [4.78, 5) is 11.6. The number of hydrogen-bond donors (Lipinski definition) is 1. The van der Waals surface area contributed by atoms with E-state index in [1.165, 1.54) is 6.07 Å². The van der Waals surface area contributed by atoms with Crippen LogP contribution in [0, 0.1) is 5.82 Å². The van der Waals surface area contributed by atoms with Gasteiger partial charge in [0, 0.05) is 5.56 Å². The van der Waals surface area contributed by atoms with E-state index in [1.54, 1.807) is 39.8 Å². The number of carbonyl (C=O) groups excluding carboxylic acids is 1. The molecule has 1 aromatic rings. The number of nitrogens with one attached hydrogen (secondary N) is 1. The van der Waals surface area contributed by atoms with E-state index in [0.29, 0.717) is 5.56 Å². The molecule has 1 unspecified atom stereocenters. The van der Waals surface area contributed by atoms with E-state index in [0.717, 1.165) is 0 Å². The third-order valence-corrected chi connectivity index (χ3v) is 2.26. The molecule has 0 fully saturated rings. The van der Waals surface area contributed by atoms with E-state index in [1.807, 2.05) is 0 Å². The Morgan fingerprint density at radius 2 is 2.06 bits per heavy atom. The third kappa shape index (κ3) is 4.06. The maximum Gasteiger partial charge on any atom is 0.408 e. The highest BCUT2D eigenvalue weighted by atomic mass is 19.1. The fourth-order valence-corrected chi connectivity index (χ4v) is 1.46. The lowest BCUT2D eigenvalue weighted by Crippen LogP contribution is -2.34. The molecule has 1 N–H and O–H groups in total. The van der Waals surface area contributed by atoms with Crippen molar-refractivity contribution in [3.63, 3.8) is 0 Å². The van der Waals surface area contributed by atoms with Crippen LogP contribution >= 0.6 is 0 Å². The molecule has 0 aliphatic carbocycles. The number of ether oxygens (including phenoxy) is 1. The Bertz CT molecular complexity index is 443. The van der Waals surface area contributed by atoms with Crippen LogP contribution in [0.5, 0.6) is 0 Å². The lowest BCUT2D eigenvalue weighted by atomic mass is 9.91. The van der Waals surface area contributed by atoms with Crippen LogP contribution in [-0.4, -0.2) is 19.5 Å². The summed E-state index contributed by atoms with van der Waals surface area (Å²) < 4.78 is 18.8. The van der Waals surface area contributed by atoms with Crippen molar-refractivity contribution in [1.29, 1.82) is 0 Å². The molecule has 5 heteroatoms. The second kappa shape index (κ2) is 5.42. The molecule has 1 aromatic carbocycles. The van der Waals surface area contributed by atoms with Gasteiger partial charge in [0.05, 0.1) is 6.04 Å². The molecule has 3 nitrogen and oxygen atoms in total. The van der Waals surface area contributed by atoms with Gasteiger partial charge in [-0.2, -0.15) is 0 Å². The molecule has 0 saturated heterocycles. The van der Waals surface area contributed by atoms with E-state index in [-0.39, 0.29) is 5.46 Å². The third-order valence-electron chi connectivity index (χ3n) is 2.26. The van der Waals surface area contributed by atoms with Crippen LogP contribution in [0.4, 0.5) is 9.18 Å². The van der Waals surface area contributed by atoms with Crippen LogP contribution in [-0.2, 0) is 4.74 Å². The summed E-state index contributed by atoms with van der Waals surface area (Å²) in [5.74, 6) is -0.513. The highest BCUT2D eigenvalue weighted by Crippen LogP contribution is 2.15. The van der Waals surface area contributed by atoms with Gasteiger partial charge in [-0.05, 0) is 27.7 Å². The molecule has 0 aromatic heterocycles. The van der Waals surface area contributed by atoms with Crippen LogP contribution in [0.2, 0.25) is 0 Å². The van der Waals surface area contributed by atoms with Crippen LogP contribution in [0.3, 0.4) is 0 Å². The minimum atomic E-state index is -0.586. The van der Waals surface area contributed by atoms with E-state index in [9.17, 15) is 9.18 Å². The monoisotopic (exact) mass is 249 g/mol. The van der Waals surface area contributed by atoms with Gasteiger partial charge in [0.1, 0.15) is 19.3 Å². The first kappa shape index (κ1) is 14.5. The van der Waals surface area contributed by atoms with Crippen molar-refractivity contribution in [2.75, 3.05) is 0 Å². The van der Waals surface area contributed by atoms with Crippen LogP contribution in [0.1, 0.15) is 39.3 Å². The van der Waals surface area contributed by atoms with Crippen LogP contribution < -0.4 is 10.8 Å². The van der Waals surface area contributed by atoms with Gasteiger partial charge in [0.25, 0.3) is 0 Å². The zero-order chi connectivity index (χ0) is 13.9. The summed E-state index contributed by atoms with van der Waals surface area (Å²) in [6.07, 6.45) is -0.586. The average Bonchev–Trinajstić information content (AvgIpc) is 2.18. The Labute approximate surface area is 108 Å². The van der Waals surface area contributed by atoms with Crippen LogP contribution in [0.25, 0.3) is 0 Å². The largest absolute Gasteiger partial charge is 0.444 e. The molecular formula is C13H17BFNO2. The van der Waals surface area contributed by atoms with Gasteiger partial charge in [0.15, 0.2) is 0 Å².